The van der Waals surface area contributed by atoms with Crippen LogP contribution >= 0.6 is 7.60 Å². The predicted octanol–water partition coefficient (Wildman–Crippen LogP) is 2.50. The molecule has 0 aliphatic rings. The first-order valence-electron chi connectivity index (χ1n) is 9.42. The molecule has 28 heavy (non-hydrogen) atoms. The lowest BCUT2D eigenvalue weighted by Gasteiger charge is -2.27. The van der Waals surface area contributed by atoms with E-state index < -0.39 is 25.5 Å². The fraction of sp³-hybridized carbons (Fsp3) is 0.579. The molecule has 3 atom stereocenters. The fourth-order valence-corrected chi connectivity index (χ4v) is 4.36. The van der Waals surface area contributed by atoms with E-state index in [4.69, 9.17) is 10.3 Å². The fourth-order valence-electron chi connectivity index (χ4n) is 2.66. The van der Waals surface area contributed by atoms with Crippen LogP contribution in [-0.2, 0) is 25.1 Å². The van der Waals surface area contributed by atoms with Gasteiger partial charge in [0.1, 0.15) is 5.78 Å². The first-order chi connectivity index (χ1) is 13.2. The van der Waals surface area contributed by atoms with Gasteiger partial charge in [-0.15, -0.1) is 0 Å². The van der Waals surface area contributed by atoms with Crippen LogP contribution in [0.5, 0.6) is 0 Å². The number of nitrogens with one attached hydrogen (secondary N) is 1. The molecule has 0 spiro atoms. The average molecular weight is 414 g/mol. The molecular formula is C19H31N2O6P. The zero-order chi connectivity index (χ0) is 21.2. The molecule has 0 heterocycles. The Balaban J connectivity index is 2.78. The van der Waals surface area contributed by atoms with Crippen LogP contribution in [0.1, 0.15) is 45.1 Å². The van der Waals surface area contributed by atoms with Crippen molar-refractivity contribution < 1.29 is 28.7 Å². The van der Waals surface area contributed by atoms with Gasteiger partial charge in [-0.2, -0.15) is 0 Å². The Bertz CT molecular complexity index is 668. The summed E-state index contributed by atoms with van der Waals surface area (Å²) in [6.07, 6.45) is -0.258. The van der Waals surface area contributed by atoms with Gasteiger partial charge in [0.25, 0.3) is 0 Å². The largest absolute Gasteiger partial charge is 0.479 e. The molecule has 0 saturated carbocycles. The normalized spacial score (nSPS) is 15.6. The molecule has 5 N–H and O–H groups in total. The number of hydrogen-bond donors (Lipinski definition) is 4. The second kappa shape index (κ2) is 12.0. The number of aliphatic carboxylic acids is 1. The van der Waals surface area contributed by atoms with E-state index in [1.165, 1.54) is 0 Å². The van der Waals surface area contributed by atoms with Crippen molar-refractivity contribution in [3.05, 3.63) is 35.9 Å². The molecule has 1 aromatic carbocycles. The zero-order valence-corrected chi connectivity index (χ0v) is 17.3. The van der Waals surface area contributed by atoms with Crippen LogP contribution in [0, 0.1) is 5.92 Å². The maximum absolute atomic E-state index is 12.8. The van der Waals surface area contributed by atoms with Crippen LogP contribution in [0.3, 0.4) is 0 Å². The number of carbonyl (C=O) groups is 2. The molecule has 1 amide bonds. The number of aryl methyl sites for hydroxylation is 1. The van der Waals surface area contributed by atoms with Crippen LogP contribution in [0.2, 0.25) is 0 Å². The van der Waals surface area contributed by atoms with Gasteiger partial charge >= 0.3 is 13.6 Å². The minimum atomic E-state index is -4.41. The van der Waals surface area contributed by atoms with Crippen molar-refractivity contribution in [2.75, 3.05) is 6.54 Å². The van der Waals surface area contributed by atoms with Gasteiger partial charge in [0.05, 0.1) is 0 Å². The highest BCUT2D eigenvalue weighted by molar-refractivity contribution is 7.53. The van der Waals surface area contributed by atoms with Crippen LogP contribution in [0.15, 0.2) is 30.3 Å². The maximum Gasteiger partial charge on any atom is 0.351 e. The van der Waals surface area contributed by atoms with Crippen molar-refractivity contribution >= 4 is 19.5 Å². The lowest BCUT2D eigenvalue weighted by molar-refractivity contribution is -0.145. The third-order valence-electron chi connectivity index (χ3n) is 4.12. The summed E-state index contributed by atoms with van der Waals surface area (Å²) in [5.74, 6) is -2.89. The van der Waals surface area contributed by atoms with E-state index in [1.807, 2.05) is 44.2 Å². The van der Waals surface area contributed by atoms with Crippen molar-refractivity contribution in [2.45, 2.75) is 57.8 Å². The first-order valence-corrected chi connectivity index (χ1v) is 11.1. The molecule has 1 aromatic rings. The van der Waals surface area contributed by atoms with Gasteiger partial charge in [-0.3, -0.25) is 13.9 Å². The van der Waals surface area contributed by atoms with E-state index in [0.717, 1.165) is 5.56 Å². The van der Waals surface area contributed by atoms with Crippen LogP contribution in [-0.4, -0.2) is 40.3 Å². The summed E-state index contributed by atoms with van der Waals surface area (Å²) >= 11 is 0. The molecular weight excluding hydrogens is 383 g/mol. The number of carboxylic acid groups (broad SMARTS) is 1. The Kier molecular flexibility index (Phi) is 10.4. The van der Waals surface area contributed by atoms with Crippen molar-refractivity contribution in [3.63, 3.8) is 0 Å². The number of nitrogens with two attached hydrogens (primary N) is 1. The Hall–Kier alpha value is -1.73. The number of amides is 1. The highest BCUT2D eigenvalue weighted by atomic mass is 31.2. The van der Waals surface area contributed by atoms with Gasteiger partial charge in [-0.05, 0) is 43.7 Å². The molecule has 0 bridgehead atoms. The van der Waals surface area contributed by atoms with E-state index in [2.05, 4.69) is 5.32 Å². The quantitative estimate of drug-likeness (QED) is 0.364. The topological polar surface area (TPSA) is 139 Å². The second-order valence-corrected chi connectivity index (χ2v) is 9.09. The summed E-state index contributed by atoms with van der Waals surface area (Å²) in [6.45, 7) is 3.92. The van der Waals surface area contributed by atoms with Crippen LogP contribution in [0.25, 0.3) is 0 Å². The lowest BCUT2D eigenvalue weighted by atomic mass is 10.1. The highest BCUT2D eigenvalue weighted by Gasteiger charge is 2.38. The molecule has 0 radical (unpaired) electrons. The number of hydrogen-bond acceptors (Lipinski definition) is 5. The Morgan fingerprint density at radius 1 is 1.25 bits per heavy atom. The standard InChI is InChI=1S/C19H31N2O6P/c1-14(2)13-18(21-17(22)11-10-15-7-4-3-5-8-15)28(25,26)27-16(19(23)24)9-6-12-20/h3-5,7-8,14,16,18H,6,9-13,20H2,1-2H3,(H,21,22)(H,23,24)(H,25,26)/t16-,18?/m0/s1. The van der Waals surface area contributed by atoms with Crippen molar-refractivity contribution in [1.29, 1.82) is 0 Å². The van der Waals surface area contributed by atoms with E-state index >= 15 is 0 Å². The summed E-state index contributed by atoms with van der Waals surface area (Å²) in [4.78, 5) is 34.0. The number of carboxylic acids is 1. The minimum absolute atomic E-state index is 0.00387. The van der Waals surface area contributed by atoms with Crippen molar-refractivity contribution in [1.82, 2.24) is 5.32 Å². The number of carbonyl (C=O) groups excluding carboxylic acids is 1. The third kappa shape index (κ3) is 8.97. The smallest absolute Gasteiger partial charge is 0.351 e. The van der Waals surface area contributed by atoms with Crippen LogP contribution < -0.4 is 11.1 Å². The number of benzene rings is 1. The molecule has 0 aliphatic carbocycles. The van der Waals surface area contributed by atoms with Crippen LogP contribution in [0.4, 0.5) is 0 Å². The second-order valence-electron chi connectivity index (χ2n) is 7.13. The summed E-state index contributed by atoms with van der Waals surface area (Å²) < 4.78 is 17.8. The summed E-state index contributed by atoms with van der Waals surface area (Å²) in [5, 5.41) is 11.8. The van der Waals surface area contributed by atoms with E-state index in [0.29, 0.717) is 12.8 Å². The van der Waals surface area contributed by atoms with Gasteiger partial charge in [0, 0.05) is 6.42 Å². The highest BCUT2D eigenvalue weighted by Crippen LogP contribution is 2.50. The van der Waals surface area contributed by atoms with Gasteiger partial charge in [0.15, 0.2) is 6.10 Å². The maximum atomic E-state index is 12.8. The Morgan fingerprint density at radius 2 is 1.89 bits per heavy atom. The van der Waals surface area contributed by atoms with Gasteiger partial charge in [-0.25, -0.2) is 4.79 Å². The summed E-state index contributed by atoms with van der Waals surface area (Å²) in [6, 6.07) is 9.42. The molecule has 158 valence electrons. The molecule has 0 saturated heterocycles. The molecule has 0 fully saturated rings. The Labute approximate surface area is 166 Å². The molecule has 0 aliphatic heterocycles. The molecule has 2 unspecified atom stereocenters. The monoisotopic (exact) mass is 414 g/mol. The van der Waals surface area contributed by atoms with Gasteiger partial charge < -0.3 is 21.1 Å². The van der Waals surface area contributed by atoms with Gasteiger partial charge in [-0.1, -0.05) is 44.2 Å². The average Bonchev–Trinajstić information content (AvgIpc) is 2.63. The van der Waals surface area contributed by atoms with Crippen molar-refractivity contribution in [2.24, 2.45) is 11.7 Å². The van der Waals surface area contributed by atoms with Crippen molar-refractivity contribution in [3.8, 4) is 0 Å². The Morgan fingerprint density at radius 3 is 2.43 bits per heavy atom. The summed E-state index contributed by atoms with van der Waals surface area (Å²) in [5.41, 5.74) is 6.36. The zero-order valence-electron chi connectivity index (χ0n) is 16.4. The van der Waals surface area contributed by atoms with E-state index in [-0.39, 0.29) is 37.6 Å². The predicted molar refractivity (Wildman–Crippen MR) is 107 cm³/mol. The molecule has 8 nitrogen and oxygen atoms in total. The number of rotatable bonds is 13. The van der Waals surface area contributed by atoms with E-state index in [1.54, 1.807) is 0 Å². The third-order valence-corrected chi connectivity index (χ3v) is 5.81. The molecule has 9 heteroatoms. The minimum Gasteiger partial charge on any atom is -0.479 e. The molecule has 0 aromatic heterocycles. The van der Waals surface area contributed by atoms with E-state index in [9.17, 15) is 24.2 Å². The molecule has 1 rings (SSSR count). The SMILES string of the molecule is CC(C)CC(NC(=O)CCc1ccccc1)P(=O)(O)O[C@@H](CCCN)C(=O)O. The lowest BCUT2D eigenvalue weighted by Crippen LogP contribution is -2.38. The summed E-state index contributed by atoms with van der Waals surface area (Å²) in [7, 11) is -4.41. The van der Waals surface area contributed by atoms with Gasteiger partial charge in [0.2, 0.25) is 5.91 Å². The first kappa shape index (κ1) is 24.3.